The summed E-state index contributed by atoms with van der Waals surface area (Å²) in [6.45, 7) is 4.15. The molecule has 0 aliphatic heterocycles. The van der Waals surface area contributed by atoms with Crippen molar-refractivity contribution < 1.29 is 30.9 Å². The molecule has 3 aromatic heterocycles. The minimum absolute atomic E-state index is 0. The molecule has 0 fully saturated rings. The molecule has 0 saturated carbocycles. The number of fused-ring (bicyclic) bond motifs is 4. The second-order valence-electron chi connectivity index (χ2n) is 8.57. The Morgan fingerprint density at radius 3 is 2.53 bits per heavy atom. The molecule has 0 aliphatic rings. The summed E-state index contributed by atoms with van der Waals surface area (Å²) in [7, 11) is 0. The molecular weight excluding hydrogens is 629 g/mol. The number of ether oxygens (including phenoxy) is 1. The van der Waals surface area contributed by atoms with E-state index in [0.29, 0.717) is 17.1 Å². The molecule has 3 heterocycles. The van der Waals surface area contributed by atoms with Crippen LogP contribution < -0.4 is 4.74 Å². The maximum absolute atomic E-state index is 10.6. The van der Waals surface area contributed by atoms with Gasteiger partial charge in [-0.15, -0.1) is 17.5 Å². The predicted octanol–water partition coefficient (Wildman–Crippen LogP) is 7.15. The van der Waals surface area contributed by atoms with Gasteiger partial charge in [-0.1, -0.05) is 43.6 Å². The van der Waals surface area contributed by atoms with E-state index in [-0.39, 0.29) is 26.8 Å². The van der Waals surface area contributed by atoms with E-state index in [0.717, 1.165) is 57.0 Å². The van der Waals surface area contributed by atoms with Crippen molar-refractivity contribution in [2.24, 2.45) is 0 Å². The van der Waals surface area contributed by atoms with Crippen LogP contribution in [0.5, 0.6) is 17.4 Å². The third-order valence-electron chi connectivity index (χ3n) is 6.43. The van der Waals surface area contributed by atoms with Gasteiger partial charge in [-0.25, -0.2) is 9.97 Å². The Morgan fingerprint density at radius 1 is 0.917 bits per heavy atom. The first-order valence-corrected chi connectivity index (χ1v) is 11.9. The molecule has 36 heavy (non-hydrogen) atoms. The Balaban J connectivity index is 0.00000267. The topological polar surface area (TPSA) is 60.2 Å². The fourth-order valence-electron chi connectivity index (χ4n) is 4.66. The van der Waals surface area contributed by atoms with Crippen molar-refractivity contribution in [3.63, 3.8) is 0 Å². The number of aromatic nitrogens is 3. The van der Waals surface area contributed by atoms with E-state index in [1.54, 1.807) is 12.3 Å². The molecule has 6 heteroatoms. The summed E-state index contributed by atoms with van der Waals surface area (Å²) in [4.78, 5) is 9.29. The van der Waals surface area contributed by atoms with Gasteiger partial charge in [0.2, 0.25) is 5.88 Å². The molecule has 0 unspecified atom stereocenters. The van der Waals surface area contributed by atoms with E-state index >= 15 is 0 Å². The number of aryl methyl sites for hydroxylation is 2. The maximum atomic E-state index is 10.6. The van der Waals surface area contributed by atoms with E-state index < -0.39 is 0 Å². The number of benzene rings is 3. The third kappa shape index (κ3) is 4.04. The number of nitrogens with zero attached hydrogens (tertiary/aromatic N) is 3. The van der Waals surface area contributed by atoms with Crippen molar-refractivity contribution >= 4 is 32.7 Å². The first kappa shape index (κ1) is 24.0. The molecule has 0 atom stereocenters. The third-order valence-corrected chi connectivity index (χ3v) is 6.43. The van der Waals surface area contributed by atoms with Gasteiger partial charge >= 0.3 is 0 Å². The maximum Gasteiger partial charge on any atom is 0.220 e. The van der Waals surface area contributed by atoms with Crippen LogP contribution in [0.1, 0.15) is 25.0 Å². The summed E-state index contributed by atoms with van der Waals surface area (Å²) in [5.41, 5.74) is 4.54. The SMILES string of the molecule is CCc1cc(O)c2nc(Oc3[c-]c4c(cc3)c3ccccc3n4-c3ccccn3)c(CC)cc2c1.[Pt]. The monoisotopic (exact) mass is 653 g/mol. The Morgan fingerprint density at radius 2 is 1.75 bits per heavy atom. The van der Waals surface area contributed by atoms with Crippen LogP contribution in [0, 0.1) is 6.07 Å². The minimum atomic E-state index is 0. The van der Waals surface area contributed by atoms with Crippen molar-refractivity contribution in [1.82, 2.24) is 14.5 Å². The van der Waals surface area contributed by atoms with E-state index in [1.165, 1.54) is 0 Å². The number of aromatic hydroxyl groups is 1. The van der Waals surface area contributed by atoms with E-state index in [9.17, 15) is 5.11 Å². The summed E-state index contributed by atoms with van der Waals surface area (Å²) in [6, 6.07) is 27.5. The number of hydrogen-bond acceptors (Lipinski definition) is 4. The fourth-order valence-corrected chi connectivity index (χ4v) is 4.66. The molecule has 0 amide bonds. The van der Waals surface area contributed by atoms with Gasteiger partial charge in [0.1, 0.15) is 17.1 Å². The molecule has 0 bridgehead atoms. The van der Waals surface area contributed by atoms with Crippen molar-refractivity contribution in [2.45, 2.75) is 26.7 Å². The number of rotatable bonds is 5. The Hall–Kier alpha value is -3.69. The molecule has 5 nitrogen and oxygen atoms in total. The van der Waals surface area contributed by atoms with E-state index in [2.05, 4.69) is 59.8 Å². The zero-order valence-electron chi connectivity index (χ0n) is 19.9. The fraction of sp³-hybridized carbons (Fsp3) is 0.133. The first-order valence-electron chi connectivity index (χ1n) is 11.9. The van der Waals surface area contributed by atoms with Gasteiger partial charge in [0.15, 0.2) is 0 Å². The van der Waals surface area contributed by atoms with Crippen LogP contribution in [0.4, 0.5) is 0 Å². The number of pyridine rings is 2. The zero-order chi connectivity index (χ0) is 23.9. The van der Waals surface area contributed by atoms with Crippen molar-refractivity contribution in [2.75, 3.05) is 0 Å². The Bertz CT molecular complexity index is 1710. The molecule has 0 spiro atoms. The quantitative estimate of drug-likeness (QED) is 0.201. The van der Waals surface area contributed by atoms with E-state index in [4.69, 9.17) is 9.72 Å². The summed E-state index contributed by atoms with van der Waals surface area (Å²) in [5.74, 6) is 2.03. The average molecular weight is 654 g/mol. The van der Waals surface area contributed by atoms with Gasteiger partial charge in [-0.3, -0.25) is 0 Å². The van der Waals surface area contributed by atoms with Crippen LogP contribution in [-0.4, -0.2) is 19.6 Å². The number of phenolic OH excluding ortho intramolecular Hbond substituents is 1. The molecule has 3 aromatic carbocycles. The van der Waals surface area contributed by atoms with Gasteiger partial charge in [0.05, 0.1) is 0 Å². The normalized spacial score (nSPS) is 11.2. The summed E-state index contributed by atoms with van der Waals surface area (Å²) < 4.78 is 8.40. The summed E-state index contributed by atoms with van der Waals surface area (Å²) in [6.07, 6.45) is 3.40. The smallest absolute Gasteiger partial charge is 0.220 e. The average Bonchev–Trinajstić information content (AvgIpc) is 3.22. The Kier molecular flexibility index (Phi) is 6.51. The summed E-state index contributed by atoms with van der Waals surface area (Å²) in [5, 5.41) is 13.7. The standard InChI is InChI=1S/C30H24N3O2.Pt/c1-3-19-15-21-17-20(4-2)30(32-29(21)27(34)16-19)35-22-12-13-24-23-9-5-6-10-25(23)33(26(24)18-22)28-11-7-8-14-31-28;/h5-17,34H,3-4H2,1-2H3;/q-1;. The molecule has 6 aromatic rings. The number of para-hydroxylation sites is 1. The molecule has 0 saturated heterocycles. The molecule has 6 rings (SSSR count). The van der Waals surface area contributed by atoms with Crippen LogP contribution in [0.2, 0.25) is 0 Å². The van der Waals surface area contributed by atoms with Gasteiger partial charge in [0.25, 0.3) is 0 Å². The second kappa shape index (κ2) is 9.75. The van der Waals surface area contributed by atoms with Crippen LogP contribution in [0.25, 0.3) is 38.5 Å². The number of hydrogen-bond donors (Lipinski definition) is 1. The molecule has 0 aliphatic carbocycles. The number of phenols is 1. The molecular formula is C30H24N3O2Pt-. The van der Waals surface area contributed by atoms with Crippen LogP contribution in [-0.2, 0) is 33.9 Å². The molecule has 1 N–H and O–H groups in total. The minimum Gasteiger partial charge on any atom is -0.506 e. The van der Waals surface area contributed by atoms with Gasteiger partial charge in [0, 0.05) is 49.5 Å². The van der Waals surface area contributed by atoms with Gasteiger partial charge in [-0.2, -0.15) is 6.07 Å². The van der Waals surface area contributed by atoms with Crippen molar-refractivity contribution in [3.8, 4) is 23.2 Å². The molecule has 0 radical (unpaired) electrons. The Labute approximate surface area is 223 Å². The molecule has 182 valence electrons. The van der Waals surface area contributed by atoms with Crippen molar-refractivity contribution in [3.05, 3.63) is 96.2 Å². The zero-order valence-corrected chi connectivity index (χ0v) is 22.2. The van der Waals surface area contributed by atoms with Crippen LogP contribution >= 0.6 is 0 Å². The van der Waals surface area contributed by atoms with Gasteiger partial charge < -0.3 is 14.4 Å². The second-order valence-corrected chi connectivity index (χ2v) is 8.57. The van der Waals surface area contributed by atoms with Crippen LogP contribution in [0.15, 0.2) is 79.0 Å². The van der Waals surface area contributed by atoms with Gasteiger partial charge in [-0.05, 0) is 60.2 Å². The van der Waals surface area contributed by atoms with Crippen LogP contribution in [0.3, 0.4) is 0 Å². The van der Waals surface area contributed by atoms with E-state index in [1.807, 2.05) is 36.4 Å². The van der Waals surface area contributed by atoms with Crippen molar-refractivity contribution in [1.29, 1.82) is 0 Å². The predicted molar refractivity (Wildman–Crippen MR) is 140 cm³/mol. The largest absolute Gasteiger partial charge is 0.506 e. The first-order chi connectivity index (χ1) is 17.2. The summed E-state index contributed by atoms with van der Waals surface area (Å²) >= 11 is 0.